The Kier molecular flexibility index (Phi) is 0.637. The topological polar surface area (TPSA) is 69.6 Å². The zero-order valence-electron chi connectivity index (χ0n) is 8.79. The van der Waals surface area contributed by atoms with Crippen molar-refractivity contribution in [2.75, 3.05) is 5.73 Å². The van der Waals surface area contributed by atoms with Crippen molar-refractivity contribution in [2.45, 2.75) is 0 Å². The molecule has 0 saturated carbocycles. The smallest absolute Gasteiger partial charge is 0.165 e. The van der Waals surface area contributed by atoms with E-state index in [2.05, 4.69) is 20.7 Å². The Morgan fingerprint density at radius 2 is 2.55 bits per heavy atom. The molecular formula is C6H7N5. The fourth-order valence-electron chi connectivity index (χ4n) is 0.843. The van der Waals surface area contributed by atoms with Gasteiger partial charge in [-0.25, -0.2) is 15.0 Å². The largest absolute Gasteiger partial charge is 0.382 e. The molecule has 0 bridgehead atoms. The summed E-state index contributed by atoms with van der Waals surface area (Å²) < 4.78 is 23.1. The molecule has 5 heteroatoms. The summed E-state index contributed by atoms with van der Waals surface area (Å²) in [6.07, 6.45) is -0.174. The van der Waals surface area contributed by atoms with Crippen LogP contribution in [0.5, 0.6) is 0 Å². The first-order valence-electron chi connectivity index (χ1n) is 4.49. The van der Waals surface area contributed by atoms with E-state index >= 15 is 0 Å². The lowest BCUT2D eigenvalue weighted by Gasteiger charge is -1.92. The molecule has 0 radical (unpaired) electrons. The summed E-state index contributed by atoms with van der Waals surface area (Å²) in [4.78, 5) is 11.4. The summed E-state index contributed by atoms with van der Waals surface area (Å²) in [5.41, 5.74) is 2.79. The van der Waals surface area contributed by atoms with Gasteiger partial charge in [0.2, 0.25) is 0 Å². The van der Waals surface area contributed by atoms with Gasteiger partial charge in [-0.2, -0.15) is 0 Å². The SMILES string of the molecule is [2H]Nc1nc([2H])nc2c1nc([2H])n2C. The molecule has 0 spiro atoms. The zero-order chi connectivity index (χ0) is 10.3. The van der Waals surface area contributed by atoms with Crippen LogP contribution in [0.4, 0.5) is 5.82 Å². The average Bonchev–Trinajstić information content (AvgIpc) is 2.43. The number of nitrogens with two attached hydrogens (primary N) is 1. The Hall–Kier alpha value is -1.65. The first-order chi connectivity index (χ1) is 6.63. The van der Waals surface area contributed by atoms with E-state index in [0.29, 0.717) is 11.2 Å². The Balaban J connectivity index is 2.87. The van der Waals surface area contributed by atoms with Crippen LogP contribution < -0.4 is 5.73 Å². The van der Waals surface area contributed by atoms with Gasteiger partial charge in [-0.15, -0.1) is 0 Å². The number of imidazole rings is 1. The van der Waals surface area contributed by atoms with Crippen molar-refractivity contribution in [2.24, 2.45) is 7.05 Å². The normalized spacial score (nSPS) is 14.1. The molecule has 2 N–H and O–H groups in total. The van der Waals surface area contributed by atoms with E-state index in [1.165, 1.54) is 4.57 Å². The van der Waals surface area contributed by atoms with Crippen LogP contribution >= 0.6 is 0 Å². The number of hydrogen-bond acceptors (Lipinski definition) is 4. The molecule has 0 amide bonds. The van der Waals surface area contributed by atoms with E-state index in [9.17, 15) is 0 Å². The number of rotatable bonds is 1. The monoisotopic (exact) mass is 152 g/mol. The lowest BCUT2D eigenvalue weighted by molar-refractivity contribution is 0.928. The highest BCUT2D eigenvalue weighted by Gasteiger charge is 2.03. The van der Waals surface area contributed by atoms with Gasteiger partial charge in [-0.05, 0) is 0 Å². The van der Waals surface area contributed by atoms with Crippen LogP contribution in [0.2, 0.25) is 1.41 Å². The third-order valence-corrected chi connectivity index (χ3v) is 1.38. The second-order valence-electron chi connectivity index (χ2n) is 2.12. The van der Waals surface area contributed by atoms with Crippen LogP contribution in [0.1, 0.15) is 2.74 Å². The van der Waals surface area contributed by atoms with Crippen molar-refractivity contribution < 1.29 is 4.15 Å². The van der Waals surface area contributed by atoms with Gasteiger partial charge in [0, 0.05) is 7.05 Å². The van der Waals surface area contributed by atoms with Crippen LogP contribution in [0, 0.1) is 0 Å². The molecule has 2 aromatic rings. The molecule has 2 rings (SSSR count). The van der Waals surface area contributed by atoms with Gasteiger partial charge in [0.15, 0.2) is 12.9 Å². The van der Waals surface area contributed by atoms with Gasteiger partial charge in [-0.3, -0.25) is 0 Å². The summed E-state index contributed by atoms with van der Waals surface area (Å²) in [6.45, 7) is 0. The highest BCUT2D eigenvalue weighted by Crippen LogP contribution is 2.11. The maximum atomic E-state index is 7.42. The highest BCUT2D eigenvalue weighted by atomic mass is 15.1. The third-order valence-electron chi connectivity index (χ3n) is 1.38. The highest BCUT2D eigenvalue weighted by molar-refractivity contribution is 5.80. The van der Waals surface area contributed by atoms with Crippen molar-refractivity contribution in [3.8, 4) is 0 Å². The fraction of sp³-hybridized carbons (Fsp3) is 0.167. The second kappa shape index (κ2) is 1.91. The van der Waals surface area contributed by atoms with Gasteiger partial charge in [0.1, 0.15) is 14.6 Å². The minimum atomic E-state index is -0.199. The summed E-state index contributed by atoms with van der Waals surface area (Å²) in [6, 6.07) is 0. The number of aryl methyl sites for hydroxylation is 1. The summed E-state index contributed by atoms with van der Waals surface area (Å²) in [5, 5.41) is 0. The predicted molar refractivity (Wildman–Crippen MR) is 40.7 cm³/mol. The number of aromatic nitrogens is 4. The van der Waals surface area contributed by atoms with Crippen molar-refractivity contribution in [3.05, 3.63) is 12.6 Å². The average molecular weight is 152 g/mol. The number of nitrogen functional groups attached to an aromatic ring is 1. The van der Waals surface area contributed by atoms with Gasteiger partial charge >= 0.3 is 0 Å². The molecule has 5 nitrogen and oxygen atoms in total. The molecule has 0 fully saturated rings. The molecule has 0 aliphatic carbocycles. The van der Waals surface area contributed by atoms with Crippen LogP contribution in [0.25, 0.3) is 11.2 Å². The first kappa shape index (κ1) is 3.66. The van der Waals surface area contributed by atoms with Crippen molar-refractivity contribution in [3.63, 3.8) is 0 Å². The maximum absolute atomic E-state index is 7.42. The van der Waals surface area contributed by atoms with Crippen LogP contribution in [0.15, 0.2) is 12.6 Å². The van der Waals surface area contributed by atoms with Crippen molar-refractivity contribution in [1.82, 2.24) is 19.5 Å². The minimum absolute atomic E-state index is 0.0244. The third kappa shape index (κ3) is 0.739. The molecular weight excluding hydrogens is 142 g/mol. The molecule has 11 heavy (non-hydrogen) atoms. The molecule has 0 atom stereocenters. The molecule has 2 aromatic heterocycles. The zero-order valence-corrected chi connectivity index (χ0v) is 5.79. The summed E-state index contributed by atoms with van der Waals surface area (Å²) in [5.74, 6) is 0.147. The van der Waals surface area contributed by atoms with E-state index < -0.39 is 0 Å². The number of nitrogens with zero attached hydrogens (tertiary/aromatic N) is 4. The lowest BCUT2D eigenvalue weighted by Crippen LogP contribution is -1.94. The molecule has 0 aliphatic heterocycles. The van der Waals surface area contributed by atoms with E-state index in [0.717, 1.165) is 0 Å². The van der Waals surface area contributed by atoms with Gasteiger partial charge in [0.05, 0.1) is 6.30 Å². The fourth-order valence-corrected chi connectivity index (χ4v) is 0.843. The maximum Gasteiger partial charge on any atom is 0.165 e. The van der Waals surface area contributed by atoms with E-state index in [1.54, 1.807) is 7.05 Å². The van der Waals surface area contributed by atoms with Crippen LogP contribution in [0.3, 0.4) is 0 Å². The number of hydrogen-bond donors (Lipinski definition) is 1. The standard InChI is InChI=1S/C6H7N5/c1-11-3-10-4-5(7)8-2-9-6(4)11/h2-3H,1H3,(H2,7,8,9)/i2D,3D/hD. The molecule has 0 aliphatic rings. The van der Waals surface area contributed by atoms with E-state index in [4.69, 9.17) is 4.15 Å². The molecule has 0 aromatic carbocycles. The number of fused-ring (bicyclic) bond motifs is 1. The Morgan fingerprint density at radius 3 is 3.36 bits per heavy atom. The molecule has 0 saturated heterocycles. The van der Waals surface area contributed by atoms with Gasteiger partial charge < -0.3 is 10.3 Å². The quantitative estimate of drug-likeness (QED) is 0.621. The number of anilines is 1. The molecule has 0 unspecified atom stereocenters. The molecule has 2 heterocycles. The Bertz CT molecular complexity index is 494. The predicted octanol–water partition coefficient (Wildman–Crippen LogP) is -0.0545. The van der Waals surface area contributed by atoms with Crippen molar-refractivity contribution >= 4 is 17.0 Å². The summed E-state index contributed by atoms with van der Waals surface area (Å²) >= 11 is 0. The van der Waals surface area contributed by atoms with Crippen molar-refractivity contribution in [1.29, 1.82) is 0 Å². The van der Waals surface area contributed by atoms with Crippen LogP contribution in [-0.2, 0) is 7.05 Å². The van der Waals surface area contributed by atoms with Crippen LogP contribution in [-0.4, -0.2) is 19.5 Å². The minimum Gasteiger partial charge on any atom is -0.382 e. The first-order valence-corrected chi connectivity index (χ1v) is 2.99. The van der Waals surface area contributed by atoms with Gasteiger partial charge in [-0.1, -0.05) is 0 Å². The Morgan fingerprint density at radius 1 is 1.64 bits per heavy atom. The summed E-state index contributed by atoms with van der Waals surface area (Å²) in [7, 11) is 1.62. The van der Waals surface area contributed by atoms with E-state index in [1.807, 2.05) is 0 Å². The molecule has 56 valence electrons. The lowest BCUT2D eigenvalue weighted by atomic mass is 10.5. The van der Waals surface area contributed by atoms with E-state index in [-0.39, 0.29) is 18.4 Å². The second-order valence-corrected chi connectivity index (χ2v) is 2.12. The van der Waals surface area contributed by atoms with Gasteiger partial charge in [0.25, 0.3) is 0 Å². The Labute approximate surface area is 67.2 Å².